The zero-order valence-corrected chi connectivity index (χ0v) is 13.1. The number of rotatable bonds is 5. The summed E-state index contributed by atoms with van der Waals surface area (Å²) in [6, 6.07) is 4.29. The van der Waals surface area contributed by atoms with E-state index in [1.54, 1.807) is 0 Å². The predicted molar refractivity (Wildman–Crippen MR) is 87.7 cm³/mol. The number of likely N-dealkylation sites (tertiary alicyclic amines) is 1. The van der Waals surface area contributed by atoms with Crippen molar-refractivity contribution in [3.63, 3.8) is 0 Å². The highest BCUT2D eigenvalue weighted by Crippen LogP contribution is 2.27. The van der Waals surface area contributed by atoms with Gasteiger partial charge in [0.25, 0.3) is 0 Å². The zero-order chi connectivity index (χ0) is 15.2. The molecule has 0 aromatic carbocycles. The van der Waals surface area contributed by atoms with Gasteiger partial charge in [0.15, 0.2) is 0 Å². The van der Waals surface area contributed by atoms with Gasteiger partial charge in [0, 0.05) is 43.4 Å². The number of hydrogen-bond acceptors (Lipinski definition) is 5. The third-order valence-electron chi connectivity index (χ3n) is 4.21. The Morgan fingerprint density at radius 3 is 2.45 bits per heavy atom. The summed E-state index contributed by atoms with van der Waals surface area (Å²) in [4.78, 5) is 15.3. The minimum Gasteiger partial charge on any atom is -0.355 e. The number of nitrogens with one attached hydrogen (secondary N) is 1. The van der Waals surface area contributed by atoms with E-state index in [9.17, 15) is 0 Å². The first-order chi connectivity index (χ1) is 10.8. The first-order valence-electron chi connectivity index (χ1n) is 8.02. The van der Waals surface area contributed by atoms with E-state index >= 15 is 0 Å². The van der Waals surface area contributed by atoms with Gasteiger partial charge in [0.2, 0.25) is 5.95 Å². The predicted octanol–water partition coefficient (Wildman–Crippen LogP) is 2.68. The highest BCUT2D eigenvalue weighted by Gasteiger charge is 2.20. The maximum absolute atomic E-state index is 4.34. The van der Waals surface area contributed by atoms with E-state index in [1.807, 2.05) is 31.7 Å². The highest BCUT2D eigenvalue weighted by atomic mass is 15.1. The number of piperidine rings is 1. The quantitative estimate of drug-likeness (QED) is 0.919. The molecule has 3 heterocycles. The molecule has 5 nitrogen and oxygen atoms in total. The molecule has 0 aliphatic carbocycles. The van der Waals surface area contributed by atoms with Gasteiger partial charge >= 0.3 is 0 Å². The molecule has 1 fully saturated rings. The molecule has 2 aromatic rings. The lowest BCUT2D eigenvalue weighted by Gasteiger charge is -2.32. The highest BCUT2D eigenvalue weighted by molar-refractivity contribution is 5.24. The van der Waals surface area contributed by atoms with Gasteiger partial charge in [-0.25, -0.2) is 9.97 Å². The van der Waals surface area contributed by atoms with Gasteiger partial charge in [-0.1, -0.05) is 0 Å². The summed E-state index contributed by atoms with van der Waals surface area (Å²) in [5.74, 6) is 1.38. The molecule has 116 valence electrons. The van der Waals surface area contributed by atoms with Crippen LogP contribution in [0.2, 0.25) is 0 Å². The second kappa shape index (κ2) is 7.31. The Bertz CT molecular complexity index is 561. The molecular weight excluding hydrogens is 274 g/mol. The van der Waals surface area contributed by atoms with Crippen molar-refractivity contribution in [2.45, 2.75) is 32.2 Å². The zero-order valence-electron chi connectivity index (χ0n) is 13.1. The average molecular weight is 297 g/mol. The van der Waals surface area contributed by atoms with Crippen LogP contribution in [0.3, 0.4) is 0 Å². The molecule has 0 unspecified atom stereocenters. The van der Waals surface area contributed by atoms with E-state index in [0.29, 0.717) is 11.9 Å². The smallest absolute Gasteiger partial charge is 0.222 e. The number of nitrogens with zero attached hydrogens (tertiary/aromatic N) is 4. The molecule has 0 saturated carbocycles. The normalized spacial score (nSPS) is 16.6. The first kappa shape index (κ1) is 14.9. The van der Waals surface area contributed by atoms with Gasteiger partial charge in [-0.2, -0.15) is 0 Å². The maximum Gasteiger partial charge on any atom is 0.222 e. The van der Waals surface area contributed by atoms with Crippen LogP contribution in [-0.2, 0) is 6.54 Å². The molecule has 0 amide bonds. The van der Waals surface area contributed by atoms with Crippen molar-refractivity contribution in [3.8, 4) is 0 Å². The molecule has 1 aliphatic rings. The average Bonchev–Trinajstić information content (AvgIpc) is 2.58. The fourth-order valence-electron chi connectivity index (χ4n) is 3.00. The second-order valence-electron chi connectivity index (χ2n) is 5.78. The van der Waals surface area contributed by atoms with Crippen LogP contribution in [0, 0.1) is 0 Å². The van der Waals surface area contributed by atoms with E-state index in [1.165, 1.54) is 24.0 Å². The van der Waals surface area contributed by atoms with E-state index in [-0.39, 0.29) is 0 Å². The molecule has 1 aliphatic heterocycles. The third kappa shape index (κ3) is 3.80. The lowest BCUT2D eigenvalue weighted by atomic mass is 9.90. The van der Waals surface area contributed by atoms with Crippen LogP contribution in [-0.4, -0.2) is 39.5 Å². The summed E-state index contributed by atoms with van der Waals surface area (Å²) in [5.41, 5.74) is 2.61. The fourth-order valence-corrected chi connectivity index (χ4v) is 3.00. The molecule has 0 radical (unpaired) electrons. The van der Waals surface area contributed by atoms with Gasteiger partial charge in [-0.05, 0) is 56.5 Å². The Hall–Kier alpha value is -2.01. The van der Waals surface area contributed by atoms with Crippen LogP contribution >= 0.6 is 0 Å². The largest absolute Gasteiger partial charge is 0.355 e. The molecule has 5 heteroatoms. The molecule has 1 N–H and O–H groups in total. The molecule has 0 spiro atoms. The van der Waals surface area contributed by atoms with Crippen molar-refractivity contribution in [2.75, 3.05) is 25.0 Å². The minimum atomic E-state index is 0.673. The van der Waals surface area contributed by atoms with Gasteiger partial charge in [-0.15, -0.1) is 0 Å². The summed E-state index contributed by atoms with van der Waals surface area (Å²) in [6.45, 7) is 6.09. The van der Waals surface area contributed by atoms with Crippen molar-refractivity contribution in [3.05, 3.63) is 48.0 Å². The molecule has 3 rings (SSSR count). The summed E-state index contributed by atoms with van der Waals surface area (Å²) in [5, 5.41) is 3.12. The Labute approximate surface area is 131 Å². The van der Waals surface area contributed by atoms with Gasteiger partial charge in [0.05, 0.1) is 0 Å². The Balaban J connectivity index is 1.51. The number of anilines is 1. The number of aromatic nitrogens is 3. The standard InChI is InChI=1S/C17H23N5/c1-2-19-17-20-11-14(12-21-17)13-22-9-5-16(6-10-22)15-3-7-18-8-4-15/h3-4,7-8,11-12,16H,2,5-6,9-10,13H2,1H3,(H,19,20,21). The number of pyridine rings is 1. The van der Waals surface area contributed by atoms with Gasteiger partial charge < -0.3 is 5.32 Å². The van der Waals surface area contributed by atoms with Crippen molar-refractivity contribution < 1.29 is 0 Å². The first-order valence-corrected chi connectivity index (χ1v) is 8.02. The summed E-state index contributed by atoms with van der Waals surface area (Å²) in [7, 11) is 0. The van der Waals surface area contributed by atoms with Crippen molar-refractivity contribution in [1.29, 1.82) is 0 Å². The monoisotopic (exact) mass is 297 g/mol. The van der Waals surface area contributed by atoms with Crippen LogP contribution < -0.4 is 5.32 Å². The van der Waals surface area contributed by atoms with Gasteiger partial charge in [-0.3, -0.25) is 9.88 Å². The minimum absolute atomic E-state index is 0.673. The lowest BCUT2D eigenvalue weighted by molar-refractivity contribution is 0.204. The molecular formula is C17H23N5. The molecule has 0 atom stereocenters. The topological polar surface area (TPSA) is 53.9 Å². The van der Waals surface area contributed by atoms with Crippen LogP contribution in [0.1, 0.15) is 36.8 Å². The lowest BCUT2D eigenvalue weighted by Crippen LogP contribution is -2.32. The maximum atomic E-state index is 4.34. The molecule has 0 bridgehead atoms. The Morgan fingerprint density at radius 1 is 1.14 bits per heavy atom. The van der Waals surface area contributed by atoms with Crippen molar-refractivity contribution >= 4 is 5.95 Å². The summed E-state index contributed by atoms with van der Waals surface area (Å²) < 4.78 is 0. The van der Waals surface area contributed by atoms with E-state index in [4.69, 9.17) is 0 Å². The van der Waals surface area contributed by atoms with E-state index in [2.05, 4.69) is 37.3 Å². The fraction of sp³-hybridized carbons (Fsp3) is 0.471. The molecule has 22 heavy (non-hydrogen) atoms. The Morgan fingerprint density at radius 2 is 1.82 bits per heavy atom. The Kier molecular flexibility index (Phi) is 4.96. The van der Waals surface area contributed by atoms with Crippen LogP contribution in [0.15, 0.2) is 36.9 Å². The van der Waals surface area contributed by atoms with Crippen LogP contribution in [0.25, 0.3) is 0 Å². The second-order valence-corrected chi connectivity index (χ2v) is 5.78. The summed E-state index contributed by atoms with van der Waals surface area (Å²) >= 11 is 0. The third-order valence-corrected chi connectivity index (χ3v) is 4.21. The van der Waals surface area contributed by atoms with E-state index < -0.39 is 0 Å². The number of hydrogen-bond donors (Lipinski definition) is 1. The van der Waals surface area contributed by atoms with E-state index in [0.717, 1.165) is 26.2 Å². The van der Waals surface area contributed by atoms with Crippen LogP contribution in [0.5, 0.6) is 0 Å². The molecule has 1 saturated heterocycles. The van der Waals surface area contributed by atoms with Crippen molar-refractivity contribution in [1.82, 2.24) is 19.9 Å². The summed E-state index contributed by atoms with van der Waals surface area (Å²) in [6.07, 6.45) is 10.1. The molecule has 2 aromatic heterocycles. The SMILES string of the molecule is CCNc1ncc(CN2CCC(c3ccncc3)CC2)cn1. The van der Waals surface area contributed by atoms with Crippen LogP contribution in [0.4, 0.5) is 5.95 Å². The van der Waals surface area contributed by atoms with Gasteiger partial charge in [0.1, 0.15) is 0 Å². The van der Waals surface area contributed by atoms with Crippen molar-refractivity contribution in [2.24, 2.45) is 0 Å².